The van der Waals surface area contributed by atoms with Gasteiger partial charge in [0.1, 0.15) is 0 Å². The predicted molar refractivity (Wildman–Crippen MR) is 65.1 cm³/mol. The third-order valence-corrected chi connectivity index (χ3v) is 3.58. The van der Waals surface area contributed by atoms with Crippen molar-refractivity contribution in [2.45, 2.75) is 46.5 Å². The van der Waals surface area contributed by atoms with Crippen LogP contribution in [0.25, 0.3) is 0 Å². The minimum absolute atomic E-state index is 0.521. The summed E-state index contributed by atoms with van der Waals surface area (Å²) >= 11 is 0. The van der Waals surface area contributed by atoms with Gasteiger partial charge in [-0.25, -0.2) is 0 Å². The molecule has 1 aliphatic carbocycles. The van der Waals surface area contributed by atoms with Gasteiger partial charge in [0.25, 0.3) is 0 Å². The number of hydrogen-bond acceptors (Lipinski definition) is 2. The zero-order valence-corrected chi connectivity index (χ0v) is 10.6. The molecular formula is C13H27NO. The largest absolute Gasteiger partial charge is 0.382 e. The smallest absolute Gasteiger partial charge is 0.0466 e. The summed E-state index contributed by atoms with van der Waals surface area (Å²) < 4.78 is 5.41. The van der Waals surface area contributed by atoms with E-state index in [1.54, 1.807) is 0 Å². The van der Waals surface area contributed by atoms with Gasteiger partial charge in [-0.2, -0.15) is 0 Å². The molecule has 15 heavy (non-hydrogen) atoms. The van der Waals surface area contributed by atoms with E-state index in [1.807, 2.05) is 0 Å². The van der Waals surface area contributed by atoms with Crippen molar-refractivity contribution in [1.29, 1.82) is 0 Å². The molecule has 0 bridgehead atoms. The zero-order valence-electron chi connectivity index (χ0n) is 10.6. The molecule has 0 aromatic carbocycles. The molecular weight excluding hydrogens is 186 g/mol. The summed E-state index contributed by atoms with van der Waals surface area (Å²) in [5.74, 6) is 0.971. The normalized spacial score (nSPS) is 20.2. The van der Waals surface area contributed by atoms with Crippen LogP contribution in [0.1, 0.15) is 46.5 Å². The standard InChI is InChI=1S/C13H27NO/c1-4-14-11-13(3,12-7-8-12)9-6-10-15-5-2/h12,14H,4-11H2,1-3H3. The van der Waals surface area contributed by atoms with E-state index in [9.17, 15) is 0 Å². The number of nitrogens with one attached hydrogen (secondary N) is 1. The quantitative estimate of drug-likeness (QED) is 0.595. The van der Waals surface area contributed by atoms with E-state index in [1.165, 1.54) is 32.2 Å². The highest BCUT2D eigenvalue weighted by molar-refractivity contribution is 4.92. The summed E-state index contributed by atoms with van der Waals surface area (Å²) in [6.07, 6.45) is 5.41. The van der Waals surface area contributed by atoms with Gasteiger partial charge in [-0.3, -0.25) is 0 Å². The fourth-order valence-electron chi connectivity index (χ4n) is 2.35. The maximum absolute atomic E-state index is 5.41. The van der Waals surface area contributed by atoms with E-state index in [0.717, 1.165) is 25.7 Å². The molecule has 1 saturated carbocycles. The number of ether oxygens (including phenoxy) is 1. The monoisotopic (exact) mass is 213 g/mol. The Bertz CT molecular complexity index is 168. The highest BCUT2D eigenvalue weighted by Gasteiger charge is 2.40. The lowest BCUT2D eigenvalue weighted by Crippen LogP contribution is -2.33. The van der Waals surface area contributed by atoms with Crippen molar-refractivity contribution in [2.24, 2.45) is 11.3 Å². The Hall–Kier alpha value is -0.0800. The van der Waals surface area contributed by atoms with Gasteiger partial charge in [0, 0.05) is 19.8 Å². The van der Waals surface area contributed by atoms with E-state index in [2.05, 4.69) is 26.1 Å². The van der Waals surface area contributed by atoms with Crippen molar-refractivity contribution in [3.8, 4) is 0 Å². The molecule has 0 saturated heterocycles. The molecule has 1 rings (SSSR count). The summed E-state index contributed by atoms with van der Waals surface area (Å²) in [5, 5.41) is 3.51. The molecule has 1 unspecified atom stereocenters. The minimum atomic E-state index is 0.521. The summed E-state index contributed by atoms with van der Waals surface area (Å²) in [6, 6.07) is 0. The van der Waals surface area contributed by atoms with Crippen LogP contribution in [0.3, 0.4) is 0 Å². The Balaban J connectivity index is 2.22. The van der Waals surface area contributed by atoms with Crippen LogP contribution in [0, 0.1) is 11.3 Å². The molecule has 1 aliphatic rings. The maximum atomic E-state index is 5.41. The lowest BCUT2D eigenvalue weighted by molar-refractivity contribution is 0.124. The first kappa shape index (κ1) is 13.0. The van der Waals surface area contributed by atoms with Crippen LogP contribution in [0.2, 0.25) is 0 Å². The van der Waals surface area contributed by atoms with Gasteiger partial charge in [0.05, 0.1) is 0 Å². The highest BCUT2D eigenvalue weighted by atomic mass is 16.5. The zero-order chi connectivity index (χ0) is 11.1. The van der Waals surface area contributed by atoms with Crippen molar-refractivity contribution in [1.82, 2.24) is 5.32 Å². The molecule has 1 N–H and O–H groups in total. The fraction of sp³-hybridized carbons (Fsp3) is 1.00. The fourth-order valence-corrected chi connectivity index (χ4v) is 2.35. The summed E-state index contributed by atoms with van der Waals surface area (Å²) in [7, 11) is 0. The average Bonchev–Trinajstić information content (AvgIpc) is 3.05. The Morgan fingerprint density at radius 1 is 1.33 bits per heavy atom. The average molecular weight is 213 g/mol. The van der Waals surface area contributed by atoms with Gasteiger partial charge in [-0.15, -0.1) is 0 Å². The van der Waals surface area contributed by atoms with Crippen LogP contribution in [-0.4, -0.2) is 26.3 Å². The van der Waals surface area contributed by atoms with E-state index in [4.69, 9.17) is 4.74 Å². The van der Waals surface area contributed by atoms with E-state index < -0.39 is 0 Å². The Labute approximate surface area is 94.8 Å². The molecule has 90 valence electrons. The molecule has 2 nitrogen and oxygen atoms in total. The maximum Gasteiger partial charge on any atom is 0.0466 e. The number of rotatable bonds is 9. The lowest BCUT2D eigenvalue weighted by atomic mass is 9.80. The Morgan fingerprint density at radius 3 is 2.60 bits per heavy atom. The van der Waals surface area contributed by atoms with Gasteiger partial charge < -0.3 is 10.1 Å². The number of hydrogen-bond donors (Lipinski definition) is 1. The SMILES string of the molecule is CCNCC(C)(CCCOCC)C1CC1. The molecule has 0 heterocycles. The van der Waals surface area contributed by atoms with Crippen LogP contribution in [0.15, 0.2) is 0 Å². The predicted octanol–water partition coefficient (Wildman–Crippen LogP) is 2.83. The summed E-state index contributed by atoms with van der Waals surface area (Å²) in [6.45, 7) is 10.8. The second-order valence-electron chi connectivity index (χ2n) is 5.01. The topological polar surface area (TPSA) is 21.3 Å². The third kappa shape index (κ3) is 4.52. The van der Waals surface area contributed by atoms with E-state index >= 15 is 0 Å². The first-order chi connectivity index (χ1) is 7.23. The Morgan fingerprint density at radius 2 is 2.07 bits per heavy atom. The highest BCUT2D eigenvalue weighted by Crippen LogP contribution is 2.47. The molecule has 0 spiro atoms. The van der Waals surface area contributed by atoms with Crippen molar-refractivity contribution in [3.05, 3.63) is 0 Å². The van der Waals surface area contributed by atoms with Crippen LogP contribution < -0.4 is 5.32 Å². The summed E-state index contributed by atoms with van der Waals surface area (Å²) in [4.78, 5) is 0. The van der Waals surface area contributed by atoms with Crippen molar-refractivity contribution < 1.29 is 4.74 Å². The molecule has 2 heteroatoms. The van der Waals surface area contributed by atoms with Gasteiger partial charge in [0.2, 0.25) is 0 Å². The first-order valence-corrected chi connectivity index (χ1v) is 6.51. The first-order valence-electron chi connectivity index (χ1n) is 6.51. The van der Waals surface area contributed by atoms with Crippen molar-refractivity contribution >= 4 is 0 Å². The van der Waals surface area contributed by atoms with Gasteiger partial charge in [0.15, 0.2) is 0 Å². The van der Waals surface area contributed by atoms with Crippen molar-refractivity contribution in [3.63, 3.8) is 0 Å². The molecule has 1 fully saturated rings. The molecule has 0 aromatic rings. The minimum Gasteiger partial charge on any atom is -0.382 e. The van der Waals surface area contributed by atoms with Crippen LogP contribution in [0.5, 0.6) is 0 Å². The van der Waals surface area contributed by atoms with Crippen LogP contribution in [-0.2, 0) is 4.74 Å². The second kappa shape index (κ2) is 6.49. The Kier molecular flexibility index (Phi) is 5.62. The molecule has 0 aliphatic heterocycles. The third-order valence-electron chi connectivity index (χ3n) is 3.58. The second-order valence-corrected chi connectivity index (χ2v) is 5.01. The van der Waals surface area contributed by atoms with Crippen LogP contribution >= 0.6 is 0 Å². The van der Waals surface area contributed by atoms with Gasteiger partial charge >= 0.3 is 0 Å². The molecule has 1 atom stereocenters. The van der Waals surface area contributed by atoms with Gasteiger partial charge in [-0.05, 0) is 50.5 Å². The molecule has 0 radical (unpaired) electrons. The molecule has 0 amide bonds. The lowest BCUT2D eigenvalue weighted by Gasteiger charge is -2.30. The van der Waals surface area contributed by atoms with E-state index in [0.29, 0.717) is 5.41 Å². The molecule has 0 aromatic heterocycles. The van der Waals surface area contributed by atoms with Gasteiger partial charge in [-0.1, -0.05) is 13.8 Å². The van der Waals surface area contributed by atoms with Crippen LogP contribution in [0.4, 0.5) is 0 Å². The summed E-state index contributed by atoms with van der Waals surface area (Å²) in [5.41, 5.74) is 0.521. The van der Waals surface area contributed by atoms with E-state index in [-0.39, 0.29) is 0 Å². The van der Waals surface area contributed by atoms with Crippen molar-refractivity contribution in [2.75, 3.05) is 26.3 Å².